The topological polar surface area (TPSA) is 50.8 Å². The van der Waals surface area contributed by atoms with E-state index in [1.807, 2.05) is 50.2 Å². The van der Waals surface area contributed by atoms with Crippen molar-refractivity contribution >= 4 is 27.6 Å². The zero-order chi connectivity index (χ0) is 17.8. The van der Waals surface area contributed by atoms with Gasteiger partial charge in [0.1, 0.15) is 0 Å². The largest absolute Gasteiger partial charge is 0.493 e. The summed E-state index contributed by atoms with van der Waals surface area (Å²) >= 11 is 3.50. The number of hydrogen-bond acceptors (Lipinski definition) is 3. The zero-order valence-corrected chi connectivity index (χ0v) is 15.9. The van der Waals surface area contributed by atoms with E-state index in [2.05, 4.69) is 21.2 Å². The highest BCUT2D eigenvalue weighted by Crippen LogP contribution is 2.50. The molecule has 0 aromatic heterocycles. The lowest BCUT2D eigenvalue weighted by atomic mass is 9.89. The standard InChI is InChI=1S/C19H19BrN2O3/c1-11-6-4-5-7-15(11)22-18(23)21-14-10-19(22,2)25-17-13(14)8-12(20)9-16(17)24-3/h4-9,14H,10H2,1-3H3,(H,21,23). The molecule has 2 heterocycles. The Labute approximate surface area is 155 Å². The van der Waals surface area contributed by atoms with Gasteiger partial charge in [-0.25, -0.2) is 4.79 Å². The molecule has 2 unspecified atom stereocenters. The highest BCUT2D eigenvalue weighted by molar-refractivity contribution is 9.10. The predicted molar refractivity (Wildman–Crippen MR) is 99.3 cm³/mol. The number of rotatable bonds is 2. The van der Waals surface area contributed by atoms with Crippen molar-refractivity contribution in [2.75, 3.05) is 12.0 Å². The first kappa shape index (κ1) is 16.3. The number of anilines is 1. The molecule has 6 heteroatoms. The Kier molecular flexibility index (Phi) is 3.68. The van der Waals surface area contributed by atoms with E-state index < -0.39 is 5.72 Å². The molecule has 2 bridgehead atoms. The van der Waals surface area contributed by atoms with Gasteiger partial charge in [0.05, 0.1) is 18.8 Å². The van der Waals surface area contributed by atoms with Gasteiger partial charge in [-0.2, -0.15) is 0 Å². The van der Waals surface area contributed by atoms with Crippen LogP contribution in [0.1, 0.15) is 30.5 Å². The Morgan fingerprint density at radius 3 is 2.84 bits per heavy atom. The van der Waals surface area contributed by atoms with Crippen LogP contribution in [0.5, 0.6) is 11.5 Å². The van der Waals surface area contributed by atoms with Crippen molar-refractivity contribution in [1.82, 2.24) is 5.32 Å². The Morgan fingerprint density at radius 1 is 1.36 bits per heavy atom. The van der Waals surface area contributed by atoms with E-state index in [1.54, 1.807) is 12.0 Å². The molecule has 0 spiro atoms. The Bertz CT molecular complexity index is 870. The third-order valence-electron chi connectivity index (χ3n) is 4.88. The van der Waals surface area contributed by atoms with Crippen LogP contribution in [0.4, 0.5) is 10.5 Å². The number of ether oxygens (including phenoxy) is 2. The molecule has 130 valence electrons. The summed E-state index contributed by atoms with van der Waals surface area (Å²) in [6.45, 7) is 3.95. The van der Waals surface area contributed by atoms with Crippen LogP contribution in [-0.4, -0.2) is 18.9 Å². The second-order valence-corrected chi connectivity index (χ2v) is 7.55. The lowest BCUT2D eigenvalue weighted by Gasteiger charge is -2.51. The highest BCUT2D eigenvalue weighted by atomic mass is 79.9. The quantitative estimate of drug-likeness (QED) is 0.802. The number of nitrogens with zero attached hydrogens (tertiary/aromatic N) is 1. The average molecular weight is 403 g/mol. The second-order valence-electron chi connectivity index (χ2n) is 6.63. The van der Waals surface area contributed by atoms with Crippen LogP contribution in [0, 0.1) is 6.92 Å². The molecule has 2 aliphatic heterocycles. The smallest absolute Gasteiger partial charge is 0.325 e. The molecule has 2 aromatic rings. The molecule has 2 aliphatic rings. The molecule has 1 N–H and O–H groups in total. The molecule has 2 amide bonds. The average Bonchev–Trinajstić information content (AvgIpc) is 2.56. The van der Waals surface area contributed by atoms with Crippen LogP contribution >= 0.6 is 15.9 Å². The highest BCUT2D eigenvalue weighted by Gasteiger charge is 2.51. The summed E-state index contributed by atoms with van der Waals surface area (Å²) in [4.78, 5) is 14.6. The van der Waals surface area contributed by atoms with Crippen LogP contribution in [0.2, 0.25) is 0 Å². The maximum Gasteiger partial charge on any atom is 0.325 e. The van der Waals surface area contributed by atoms with Crippen molar-refractivity contribution in [3.05, 3.63) is 52.0 Å². The van der Waals surface area contributed by atoms with Crippen molar-refractivity contribution < 1.29 is 14.3 Å². The maximum absolute atomic E-state index is 12.9. The van der Waals surface area contributed by atoms with Crippen LogP contribution in [0.3, 0.4) is 0 Å². The van der Waals surface area contributed by atoms with E-state index >= 15 is 0 Å². The van der Waals surface area contributed by atoms with Gasteiger partial charge in [0.25, 0.3) is 0 Å². The molecular weight excluding hydrogens is 384 g/mol. The minimum atomic E-state index is -0.785. The third kappa shape index (κ3) is 2.47. The third-order valence-corrected chi connectivity index (χ3v) is 5.34. The summed E-state index contributed by atoms with van der Waals surface area (Å²) in [5.74, 6) is 1.34. The summed E-state index contributed by atoms with van der Waals surface area (Å²) in [6, 6.07) is 11.4. The normalized spacial score (nSPS) is 24.2. The molecule has 0 aliphatic carbocycles. The number of methoxy groups -OCH3 is 1. The number of para-hydroxylation sites is 1. The molecule has 4 rings (SSSR count). The predicted octanol–water partition coefficient (Wildman–Crippen LogP) is 4.54. The summed E-state index contributed by atoms with van der Waals surface area (Å²) in [6.07, 6.45) is 0.652. The van der Waals surface area contributed by atoms with Gasteiger partial charge in [-0.3, -0.25) is 4.90 Å². The summed E-state index contributed by atoms with van der Waals surface area (Å²) in [7, 11) is 1.62. The van der Waals surface area contributed by atoms with E-state index in [0.717, 1.165) is 21.3 Å². The number of hydrogen-bond donors (Lipinski definition) is 1. The van der Waals surface area contributed by atoms with Gasteiger partial charge in [-0.05, 0) is 37.6 Å². The maximum atomic E-state index is 12.9. The van der Waals surface area contributed by atoms with Crippen molar-refractivity contribution in [1.29, 1.82) is 0 Å². The zero-order valence-electron chi connectivity index (χ0n) is 14.3. The molecule has 2 aromatic carbocycles. The van der Waals surface area contributed by atoms with Gasteiger partial charge in [-0.15, -0.1) is 0 Å². The minimum absolute atomic E-state index is 0.118. The minimum Gasteiger partial charge on any atom is -0.493 e. The first-order valence-electron chi connectivity index (χ1n) is 8.16. The van der Waals surface area contributed by atoms with Gasteiger partial charge in [0.2, 0.25) is 0 Å². The van der Waals surface area contributed by atoms with Crippen LogP contribution in [-0.2, 0) is 0 Å². The van der Waals surface area contributed by atoms with E-state index in [-0.39, 0.29) is 12.1 Å². The van der Waals surface area contributed by atoms with E-state index in [0.29, 0.717) is 17.9 Å². The Morgan fingerprint density at radius 2 is 2.12 bits per heavy atom. The number of amides is 2. The van der Waals surface area contributed by atoms with Gasteiger partial charge >= 0.3 is 6.03 Å². The van der Waals surface area contributed by atoms with Gasteiger partial charge in [0.15, 0.2) is 17.2 Å². The number of nitrogens with one attached hydrogen (secondary N) is 1. The fourth-order valence-corrected chi connectivity index (χ4v) is 4.19. The fraction of sp³-hybridized carbons (Fsp3) is 0.316. The number of benzene rings is 2. The molecule has 1 fully saturated rings. The Balaban J connectivity index is 1.86. The molecule has 2 atom stereocenters. The van der Waals surface area contributed by atoms with Crippen LogP contribution < -0.4 is 19.7 Å². The first-order valence-corrected chi connectivity index (χ1v) is 8.95. The molecule has 5 nitrogen and oxygen atoms in total. The Hall–Kier alpha value is -2.21. The van der Waals surface area contributed by atoms with Crippen LogP contribution in [0.15, 0.2) is 40.9 Å². The van der Waals surface area contributed by atoms with Crippen molar-refractivity contribution in [2.45, 2.75) is 32.0 Å². The second kappa shape index (κ2) is 5.66. The summed E-state index contributed by atoms with van der Waals surface area (Å²) < 4.78 is 12.8. The number of urea groups is 1. The number of halogens is 1. The molecule has 0 radical (unpaired) electrons. The number of fused-ring (bicyclic) bond motifs is 4. The van der Waals surface area contributed by atoms with E-state index in [4.69, 9.17) is 9.47 Å². The molecule has 0 saturated carbocycles. The van der Waals surface area contributed by atoms with E-state index in [9.17, 15) is 4.79 Å². The van der Waals surface area contributed by atoms with Gasteiger partial charge < -0.3 is 14.8 Å². The lowest BCUT2D eigenvalue weighted by Crippen LogP contribution is -2.65. The van der Waals surface area contributed by atoms with Crippen molar-refractivity contribution in [3.63, 3.8) is 0 Å². The fourth-order valence-electron chi connectivity index (χ4n) is 3.73. The number of carbonyl (C=O) groups is 1. The van der Waals surface area contributed by atoms with E-state index in [1.165, 1.54) is 0 Å². The molecule has 25 heavy (non-hydrogen) atoms. The summed E-state index contributed by atoms with van der Waals surface area (Å²) in [5.41, 5.74) is 2.02. The van der Waals surface area contributed by atoms with Crippen molar-refractivity contribution in [2.24, 2.45) is 0 Å². The monoisotopic (exact) mass is 402 g/mol. The van der Waals surface area contributed by atoms with Crippen LogP contribution in [0.25, 0.3) is 0 Å². The van der Waals surface area contributed by atoms with Gasteiger partial charge in [0, 0.05) is 16.5 Å². The lowest BCUT2D eigenvalue weighted by molar-refractivity contribution is 0.0348. The number of carbonyl (C=O) groups excluding carboxylic acids is 1. The van der Waals surface area contributed by atoms with Gasteiger partial charge in [-0.1, -0.05) is 34.1 Å². The SMILES string of the molecule is COc1cc(Br)cc2c1OC1(C)CC2NC(=O)N1c1ccccc1C. The summed E-state index contributed by atoms with van der Waals surface area (Å²) in [5, 5.41) is 3.11. The van der Waals surface area contributed by atoms with Crippen molar-refractivity contribution in [3.8, 4) is 11.5 Å². The number of aryl methyl sites for hydroxylation is 1. The molecular formula is C19H19BrN2O3. The molecule has 1 saturated heterocycles. The first-order chi connectivity index (χ1) is 11.9.